The van der Waals surface area contributed by atoms with Crippen LogP contribution in [-0.2, 0) is 10.3 Å². The standard InChI is InChI=1S/C29H36N6O2S/c1-21-20-22(2)32-26(31-21)33-27(34-28(38)30-16-19-37-3)35-17-14-25(15-18-35)29(36,23-10-6-4-7-11-23)24-12-8-5-9-13-24/h4-13,20,25,36H,14-19H2,1-3H3,(H2,30,31,32,33,34,38). The second-order valence-electron chi connectivity index (χ2n) is 9.52. The molecule has 1 aromatic heterocycles. The minimum absolute atomic E-state index is 0.0223. The molecule has 38 heavy (non-hydrogen) atoms. The van der Waals surface area contributed by atoms with Crippen molar-refractivity contribution in [3.63, 3.8) is 0 Å². The van der Waals surface area contributed by atoms with Crippen molar-refractivity contribution in [3.8, 4) is 0 Å². The van der Waals surface area contributed by atoms with Crippen LogP contribution in [0.2, 0.25) is 0 Å². The van der Waals surface area contributed by atoms with E-state index in [1.165, 1.54) is 0 Å². The van der Waals surface area contributed by atoms with Crippen LogP contribution in [0.3, 0.4) is 0 Å². The van der Waals surface area contributed by atoms with Crippen LogP contribution in [-0.4, -0.2) is 64.4 Å². The molecule has 200 valence electrons. The molecule has 9 heteroatoms. The fraction of sp³-hybridized carbons (Fsp3) is 0.379. The zero-order chi connectivity index (χ0) is 27.0. The maximum atomic E-state index is 12.2. The summed E-state index contributed by atoms with van der Waals surface area (Å²) in [4.78, 5) is 15.9. The number of nitrogens with zero attached hydrogens (tertiary/aromatic N) is 4. The van der Waals surface area contributed by atoms with Crippen LogP contribution in [0.15, 0.2) is 71.7 Å². The molecule has 1 fully saturated rings. The molecule has 0 spiro atoms. The normalized spacial score (nSPS) is 14.8. The Morgan fingerprint density at radius 1 is 1.03 bits per heavy atom. The van der Waals surface area contributed by atoms with Gasteiger partial charge < -0.3 is 20.1 Å². The Morgan fingerprint density at radius 2 is 1.58 bits per heavy atom. The minimum Gasteiger partial charge on any atom is -0.383 e. The van der Waals surface area contributed by atoms with Gasteiger partial charge >= 0.3 is 0 Å². The molecule has 8 nitrogen and oxygen atoms in total. The highest BCUT2D eigenvalue weighted by atomic mass is 32.1. The van der Waals surface area contributed by atoms with Crippen LogP contribution in [0.1, 0.15) is 35.4 Å². The lowest BCUT2D eigenvalue weighted by atomic mass is 9.72. The van der Waals surface area contributed by atoms with Gasteiger partial charge in [-0.15, -0.1) is 0 Å². The molecule has 1 aliphatic heterocycles. The van der Waals surface area contributed by atoms with E-state index in [9.17, 15) is 5.11 Å². The van der Waals surface area contributed by atoms with E-state index in [0.29, 0.717) is 43.3 Å². The molecule has 0 amide bonds. The zero-order valence-corrected chi connectivity index (χ0v) is 23.0. The topological polar surface area (TPSA) is 94.9 Å². The van der Waals surface area contributed by atoms with Gasteiger partial charge in [0, 0.05) is 38.1 Å². The molecule has 0 aliphatic carbocycles. The fourth-order valence-electron chi connectivity index (χ4n) is 4.99. The van der Waals surface area contributed by atoms with Crippen molar-refractivity contribution in [2.24, 2.45) is 10.9 Å². The third-order valence-electron chi connectivity index (χ3n) is 6.81. The summed E-state index contributed by atoms with van der Waals surface area (Å²) in [6.07, 6.45) is 1.52. The number of rotatable bonds is 7. The molecule has 1 aliphatic rings. The molecule has 1 saturated heterocycles. The summed E-state index contributed by atoms with van der Waals surface area (Å²) in [6, 6.07) is 21.8. The Kier molecular flexibility index (Phi) is 9.38. The lowest BCUT2D eigenvalue weighted by Gasteiger charge is -2.43. The molecule has 0 bridgehead atoms. The van der Waals surface area contributed by atoms with E-state index in [-0.39, 0.29) is 5.92 Å². The van der Waals surface area contributed by atoms with Crippen LogP contribution in [0.5, 0.6) is 0 Å². The summed E-state index contributed by atoms with van der Waals surface area (Å²) in [5.41, 5.74) is 2.46. The van der Waals surface area contributed by atoms with Gasteiger partial charge in [0.2, 0.25) is 11.9 Å². The number of anilines is 1. The van der Waals surface area contributed by atoms with Crippen LogP contribution < -0.4 is 10.6 Å². The first-order valence-corrected chi connectivity index (χ1v) is 13.3. The molecule has 3 aromatic rings. The second kappa shape index (κ2) is 12.9. The SMILES string of the molecule is COCCNC(=S)/N=C(/Nc1nc(C)cc(C)n1)N1CCC(C(O)(c2ccccc2)c2ccccc2)CC1. The third-order valence-corrected chi connectivity index (χ3v) is 7.04. The minimum atomic E-state index is -1.09. The van der Waals surface area contributed by atoms with Gasteiger partial charge in [-0.3, -0.25) is 5.32 Å². The highest BCUT2D eigenvalue weighted by Crippen LogP contribution is 2.41. The van der Waals surface area contributed by atoms with Crippen LogP contribution in [0, 0.1) is 19.8 Å². The largest absolute Gasteiger partial charge is 0.383 e. The van der Waals surface area contributed by atoms with Crippen molar-refractivity contribution in [2.75, 3.05) is 38.7 Å². The number of piperidine rings is 1. The maximum absolute atomic E-state index is 12.2. The van der Waals surface area contributed by atoms with Gasteiger partial charge in [0.1, 0.15) is 5.60 Å². The molecular weight excluding hydrogens is 496 g/mol. The summed E-state index contributed by atoms with van der Waals surface area (Å²) >= 11 is 5.49. The third kappa shape index (κ3) is 6.72. The Morgan fingerprint density at radius 3 is 2.11 bits per heavy atom. The fourth-order valence-corrected chi connectivity index (χ4v) is 5.18. The summed E-state index contributed by atoms with van der Waals surface area (Å²) in [7, 11) is 1.65. The van der Waals surface area contributed by atoms with Crippen molar-refractivity contribution in [1.29, 1.82) is 0 Å². The van der Waals surface area contributed by atoms with Crippen LogP contribution in [0.4, 0.5) is 5.95 Å². The van der Waals surface area contributed by atoms with Gasteiger partial charge in [-0.05, 0) is 62.0 Å². The predicted molar refractivity (Wildman–Crippen MR) is 155 cm³/mol. The average Bonchev–Trinajstić information content (AvgIpc) is 2.93. The number of benzene rings is 2. The van der Waals surface area contributed by atoms with E-state index >= 15 is 0 Å². The van der Waals surface area contributed by atoms with E-state index in [2.05, 4.69) is 30.5 Å². The van der Waals surface area contributed by atoms with E-state index in [1.54, 1.807) is 7.11 Å². The summed E-state index contributed by atoms with van der Waals surface area (Å²) in [6.45, 7) is 6.34. The second-order valence-corrected chi connectivity index (χ2v) is 9.91. The molecule has 0 radical (unpaired) electrons. The molecule has 2 heterocycles. The monoisotopic (exact) mass is 532 g/mol. The number of thiocarbonyl (C=S) groups is 1. The Balaban J connectivity index is 1.57. The number of hydrogen-bond acceptors (Lipinski definition) is 5. The maximum Gasteiger partial charge on any atom is 0.229 e. The number of aromatic nitrogens is 2. The van der Waals surface area contributed by atoms with E-state index in [4.69, 9.17) is 17.0 Å². The smallest absolute Gasteiger partial charge is 0.229 e. The Labute approximate surface area is 230 Å². The zero-order valence-electron chi connectivity index (χ0n) is 22.2. The number of ether oxygens (including phenoxy) is 1. The average molecular weight is 533 g/mol. The Hall–Kier alpha value is -3.40. The van der Waals surface area contributed by atoms with Crippen molar-refractivity contribution in [1.82, 2.24) is 20.2 Å². The molecule has 0 saturated carbocycles. The first kappa shape index (κ1) is 27.6. The summed E-state index contributed by atoms with van der Waals surface area (Å²) < 4.78 is 5.11. The number of aliphatic imine (C=N–C) groups is 1. The molecule has 0 atom stereocenters. The van der Waals surface area contributed by atoms with Gasteiger partial charge in [0.05, 0.1) is 6.61 Å². The molecule has 0 unspecified atom stereocenters. The van der Waals surface area contributed by atoms with Crippen molar-refractivity contribution in [2.45, 2.75) is 32.3 Å². The number of guanidine groups is 1. The van der Waals surface area contributed by atoms with E-state index in [1.807, 2.05) is 80.6 Å². The molecule has 2 aromatic carbocycles. The van der Waals surface area contributed by atoms with Crippen molar-refractivity contribution in [3.05, 3.63) is 89.2 Å². The van der Waals surface area contributed by atoms with E-state index in [0.717, 1.165) is 35.4 Å². The van der Waals surface area contributed by atoms with Gasteiger partial charge in [-0.25, -0.2) is 9.97 Å². The molecular formula is C29H36N6O2S. The molecule has 4 rings (SSSR count). The lowest BCUT2D eigenvalue weighted by Crippen LogP contribution is -2.48. The van der Waals surface area contributed by atoms with Gasteiger partial charge in [-0.2, -0.15) is 4.99 Å². The van der Waals surface area contributed by atoms with Gasteiger partial charge in [0.25, 0.3) is 0 Å². The predicted octanol–water partition coefficient (Wildman–Crippen LogP) is 4.03. The number of hydrogen-bond donors (Lipinski definition) is 3. The molecule has 3 N–H and O–H groups in total. The highest BCUT2D eigenvalue weighted by Gasteiger charge is 2.42. The van der Waals surface area contributed by atoms with Crippen molar-refractivity contribution < 1.29 is 9.84 Å². The van der Waals surface area contributed by atoms with Gasteiger partial charge in [-0.1, -0.05) is 60.7 Å². The number of nitrogens with one attached hydrogen (secondary N) is 2. The van der Waals surface area contributed by atoms with E-state index < -0.39 is 5.60 Å². The Bertz CT molecular complexity index is 1170. The van der Waals surface area contributed by atoms with Crippen LogP contribution in [0.25, 0.3) is 0 Å². The number of aryl methyl sites for hydroxylation is 2. The lowest BCUT2D eigenvalue weighted by molar-refractivity contribution is -0.00653. The first-order chi connectivity index (χ1) is 18.4. The van der Waals surface area contributed by atoms with Gasteiger partial charge in [0.15, 0.2) is 5.11 Å². The quantitative estimate of drug-likeness (QED) is 0.182. The van der Waals surface area contributed by atoms with Crippen molar-refractivity contribution >= 4 is 29.2 Å². The highest BCUT2D eigenvalue weighted by molar-refractivity contribution is 7.80. The first-order valence-electron chi connectivity index (χ1n) is 12.9. The summed E-state index contributed by atoms with van der Waals surface area (Å²) in [5.74, 6) is 1.09. The number of aliphatic hydroxyl groups is 1. The number of methoxy groups -OCH3 is 1. The summed E-state index contributed by atoms with van der Waals surface area (Å²) in [5, 5.41) is 19.0. The number of likely N-dealkylation sites (tertiary alicyclic amines) is 1. The van der Waals surface area contributed by atoms with Crippen LogP contribution >= 0.6 is 12.2 Å².